The largest absolute Gasteiger partial charge is 0.381 e. The lowest BCUT2D eigenvalue weighted by molar-refractivity contribution is -0.152. The Kier molecular flexibility index (Phi) is 7.35. The molecule has 3 rings (SSSR count). The minimum Gasteiger partial charge on any atom is -0.381 e. The standard InChI is InChI=1S/C20H29N3O6/c24-15-7-8-16(25)23(15)22-20(28)18(26)17(13-9-11-29-12-10-13)21-19(27)14-5-3-1-2-4-6-14/h13-14,17H,1-12H2,(H,21,27)(H,22,28)/t17-/m0/s1. The van der Waals surface area contributed by atoms with Crippen LogP contribution in [0.3, 0.4) is 0 Å². The molecule has 1 aliphatic carbocycles. The quantitative estimate of drug-likeness (QED) is 0.378. The number of ketones is 1. The molecule has 0 aromatic rings. The van der Waals surface area contributed by atoms with Crippen LogP contribution in [0.5, 0.6) is 0 Å². The van der Waals surface area contributed by atoms with E-state index < -0.39 is 29.5 Å². The van der Waals surface area contributed by atoms with E-state index in [0.717, 1.165) is 38.5 Å². The van der Waals surface area contributed by atoms with E-state index in [9.17, 15) is 24.0 Å². The third-order valence-electron chi connectivity index (χ3n) is 6.03. The van der Waals surface area contributed by atoms with Crippen molar-refractivity contribution in [3.63, 3.8) is 0 Å². The van der Waals surface area contributed by atoms with Crippen molar-refractivity contribution in [2.75, 3.05) is 13.2 Å². The molecule has 0 unspecified atom stereocenters. The first-order valence-electron chi connectivity index (χ1n) is 10.6. The highest BCUT2D eigenvalue weighted by Crippen LogP contribution is 2.25. The maximum atomic E-state index is 12.9. The van der Waals surface area contributed by atoms with Crippen LogP contribution < -0.4 is 10.7 Å². The highest BCUT2D eigenvalue weighted by Gasteiger charge is 2.39. The van der Waals surface area contributed by atoms with Crippen LogP contribution in [-0.2, 0) is 28.7 Å². The van der Waals surface area contributed by atoms with E-state index in [0.29, 0.717) is 31.1 Å². The van der Waals surface area contributed by atoms with Crippen LogP contribution in [0.1, 0.15) is 64.2 Å². The second kappa shape index (κ2) is 9.96. The number of ether oxygens (including phenoxy) is 1. The number of hydrogen-bond donors (Lipinski definition) is 2. The van der Waals surface area contributed by atoms with Crippen LogP contribution in [0.2, 0.25) is 0 Å². The summed E-state index contributed by atoms with van der Waals surface area (Å²) in [5.74, 6) is -3.53. The number of nitrogens with zero attached hydrogens (tertiary/aromatic N) is 1. The summed E-state index contributed by atoms with van der Waals surface area (Å²) in [5.41, 5.74) is 2.12. The molecule has 160 valence electrons. The van der Waals surface area contributed by atoms with E-state index in [1.54, 1.807) is 0 Å². The molecule has 0 radical (unpaired) electrons. The van der Waals surface area contributed by atoms with Gasteiger partial charge >= 0.3 is 5.91 Å². The molecule has 0 aromatic carbocycles. The fourth-order valence-electron chi connectivity index (χ4n) is 4.26. The normalized spacial score (nSPS) is 22.8. The maximum absolute atomic E-state index is 12.9. The number of imide groups is 1. The molecule has 1 atom stereocenters. The summed E-state index contributed by atoms with van der Waals surface area (Å²) in [5, 5.41) is 3.42. The van der Waals surface area contributed by atoms with E-state index in [1.165, 1.54) is 0 Å². The molecular weight excluding hydrogens is 378 g/mol. The molecule has 4 amide bonds. The van der Waals surface area contributed by atoms with Crippen molar-refractivity contribution in [2.24, 2.45) is 11.8 Å². The first-order valence-corrected chi connectivity index (χ1v) is 10.6. The van der Waals surface area contributed by atoms with E-state index in [-0.39, 0.29) is 30.6 Å². The molecule has 1 saturated carbocycles. The minimum absolute atomic E-state index is 0.00904. The monoisotopic (exact) mass is 407 g/mol. The number of rotatable bonds is 6. The predicted molar refractivity (Wildman–Crippen MR) is 101 cm³/mol. The number of amides is 4. The number of carbonyl (C=O) groups is 5. The van der Waals surface area contributed by atoms with Gasteiger partial charge in [0.05, 0.1) is 0 Å². The van der Waals surface area contributed by atoms with Crippen molar-refractivity contribution in [3.8, 4) is 0 Å². The first-order chi connectivity index (χ1) is 14.0. The van der Waals surface area contributed by atoms with Crippen LogP contribution in [0.25, 0.3) is 0 Å². The van der Waals surface area contributed by atoms with Crippen LogP contribution in [0.15, 0.2) is 0 Å². The summed E-state index contributed by atoms with van der Waals surface area (Å²) in [4.78, 5) is 61.7. The van der Waals surface area contributed by atoms with Crippen LogP contribution in [0.4, 0.5) is 0 Å². The Morgan fingerprint density at radius 1 is 0.897 bits per heavy atom. The zero-order chi connectivity index (χ0) is 20.8. The SMILES string of the molecule is O=C(NN1C(=O)CCC1=O)C(=O)[C@@H](NC(=O)C1CCCCCC1)C1CCOCC1. The highest BCUT2D eigenvalue weighted by atomic mass is 16.5. The van der Waals surface area contributed by atoms with Gasteiger partial charge < -0.3 is 10.1 Å². The third kappa shape index (κ3) is 5.41. The van der Waals surface area contributed by atoms with Gasteiger partial charge in [-0.05, 0) is 31.6 Å². The molecule has 2 N–H and O–H groups in total. The molecule has 3 fully saturated rings. The lowest BCUT2D eigenvalue weighted by Crippen LogP contribution is -2.56. The topological polar surface area (TPSA) is 122 Å². The van der Waals surface area contributed by atoms with Crippen molar-refractivity contribution in [3.05, 3.63) is 0 Å². The smallest absolute Gasteiger partial charge is 0.308 e. The van der Waals surface area contributed by atoms with Gasteiger partial charge in [-0.25, -0.2) is 0 Å². The van der Waals surface area contributed by atoms with Gasteiger partial charge in [0.15, 0.2) is 0 Å². The third-order valence-corrected chi connectivity index (χ3v) is 6.03. The molecule has 0 spiro atoms. The molecule has 0 bridgehead atoms. The molecule has 2 aliphatic heterocycles. The Hall–Kier alpha value is -2.29. The Labute approximate surface area is 169 Å². The maximum Gasteiger partial charge on any atom is 0.308 e. The Morgan fingerprint density at radius 3 is 2.07 bits per heavy atom. The van der Waals surface area contributed by atoms with Gasteiger partial charge in [-0.1, -0.05) is 25.7 Å². The van der Waals surface area contributed by atoms with Crippen LogP contribution >= 0.6 is 0 Å². The Balaban J connectivity index is 1.69. The number of nitrogens with one attached hydrogen (secondary N) is 2. The second-order valence-corrected chi connectivity index (χ2v) is 8.05. The molecule has 3 aliphatic rings. The summed E-state index contributed by atoms with van der Waals surface area (Å²) in [7, 11) is 0. The van der Waals surface area contributed by atoms with Gasteiger partial charge in [0.25, 0.3) is 0 Å². The second-order valence-electron chi connectivity index (χ2n) is 8.05. The lowest BCUT2D eigenvalue weighted by atomic mass is 9.87. The fraction of sp³-hybridized carbons (Fsp3) is 0.750. The average molecular weight is 407 g/mol. The van der Waals surface area contributed by atoms with Crippen molar-refractivity contribution >= 4 is 29.4 Å². The van der Waals surface area contributed by atoms with E-state index in [4.69, 9.17) is 4.74 Å². The summed E-state index contributed by atoms with van der Waals surface area (Å²) in [6.45, 7) is 0.914. The molecule has 29 heavy (non-hydrogen) atoms. The number of Topliss-reactive ketones (excluding diaryl/α,β-unsaturated/α-hetero) is 1. The summed E-state index contributed by atoms with van der Waals surface area (Å²) >= 11 is 0. The van der Waals surface area contributed by atoms with Gasteiger partial charge in [-0.15, -0.1) is 0 Å². The predicted octanol–water partition coefficient (Wildman–Crippen LogP) is 0.618. The Bertz CT molecular complexity index is 649. The van der Waals surface area contributed by atoms with Gasteiger partial charge in [0.2, 0.25) is 23.5 Å². The number of carbonyl (C=O) groups excluding carboxylic acids is 5. The van der Waals surface area contributed by atoms with Crippen molar-refractivity contribution in [1.82, 2.24) is 15.8 Å². The molecule has 0 aromatic heterocycles. The summed E-state index contributed by atoms with van der Waals surface area (Å²) in [6.07, 6.45) is 6.85. The van der Waals surface area contributed by atoms with E-state index >= 15 is 0 Å². The summed E-state index contributed by atoms with van der Waals surface area (Å²) < 4.78 is 5.34. The Morgan fingerprint density at radius 2 is 1.48 bits per heavy atom. The lowest BCUT2D eigenvalue weighted by Gasteiger charge is -2.31. The number of hydrogen-bond acceptors (Lipinski definition) is 6. The highest BCUT2D eigenvalue weighted by molar-refractivity contribution is 6.39. The van der Waals surface area contributed by atoms with Crippen molar-refractivity contribution < 1.29 is 28.7 Å². The fourth-order valence-corrected chi connectivity index (χ4v) is 4.26. The first kappa shape index (κ1) is 21.4. The van der Waals surface area contributed by atoms with Crippen molar-refractivity contribution in [1.29, 1.82) is 0 Å². The van der Waals surface area contributed by atoms with Crippen LogP contribution in [0, 0.1) is 11.8 Å². The minimum atomic E-state index is -1.05. The van der Waals surface area contributed by atoms with Gasteiger partial charge in [-0.3, -0.25) is 29.4 Å². The molecular formula is C20H29N3O6. The summed E-state index contributed by atoms with van der Waals surface area (Å²) in [6, 6.07) is -0.984. The van der Waals surface area contributed by atoms with Crippen LogP contribution in [-0.4, -0.2) is 53.7 Å². The van der Waals surface area contributed by atoms with E-state index in [2.05, 4.69) is 10.7 Å². The zero-order valence-corrected chi connectivity index (χ0v) is 16.6. The van der Waals surface area contributed by atoms with Gasteiger partial charge in [0.1, 0.15) is 6.04 Å². The van der Waals surface area contributed by atoms with Gasteiger partial charge in [0, 0.05) is 32.0 Å². The molecule has 2 heterocycles. The molecule has 9 nitrogen and oxygen atoms in total. The van der Waals surface area contributed by atoms with Crippen molar-refractivity contribution in [2.45, 2.75) is 70.3 Å². The van der Waals surface area contributed by atoms with Gasteiger partial charge in [-0.2, -0.15) is 5.01 Å². The molecule has 2 saturated heterocycles. The average Bonchev–Trinajstić information content (AvgIpc) is 2.94. The van der Waals surface area contributed by atoms with E-state index in [1.807, 2.05) is 0 Å². The molecule has 9 heteroatoms. The zero-order valence-electron chi connectivity index (χ0n) is 16.6. The number of hydrazine groups is 1.